The summed E-state index contributed by atoms with van der Waals surface area (Å²) in [5.74, 6) is -1.40. The van der Waals surface area contributed by atoms with Gasteiger partial charge in [0.1, 0.15) is 0 Å². The first-order chi connectivity index (χ1) is 7.70. The highest BCUT2D eigenvalue weighted by Crippen LogP contribution is 2.13. The van der Waals surface area contributed by atoms with Crippen LogP contribution in [0.4, 0.5) is 0 Å². The molecule has 0 amide bonds. The van der Waals surface area contributed by atoms with Crippen molar-refractivity contribution in [1.29, 1.82) is 0 Å². The number of nitrogens with one attached hydrogen (secondary N) is 1. The van der Waals surface area contributed by atoms with E-state index in [0.29, 0.717) is 5.56 Å². The van der Waals surface area contributed by atoms with Crippen molar-refractivity contribution in [1.82, 2.24) is 4.98 Å². The summed E-state index contributed by atoms with van der Waals surface area (Å²) in [5.41, 5.74) is 0.650. The number of aromatic carboxylic acids is 1. The Hall–Kier alpha value is -2.36. The van der Waals surface area contributed by atoms with E-state index in [-0.39, 0.29) is 16.9 Å². The summed E-state index contributed by atoms with van der Waals surface area (Å²) in [6.07, 6.45) is 2.71. The molecular formula is C12H9NO3. The van der Waals surface area contributed by atoms with Crippen LogP contribution in [0.3, 0.4) is 0 Å². The molecule has 80 valence electrons. The van der Waals surface area contributed by atoms with Crippen LogP contribution in [-0.4, -0.2) is 21.8 Å². The van der Waals surface area contributed by atoms with E-state index < -0.39 is 5.97 Å². The van der Waals surface area contributed by atoms with Crippen molar-refractivity contribution in [2.24, 2.45) is 0 Å². The zero-order chi connectivity index (χ0) is 11.5. The van der Waals surface area contributed by atoms with Gasteiger partial charge < -0.3 is 10.1 Å². The fourth-order valence-electron chi connectivity index (χ4n) is 1.47. The van der Waals surface area contributed by atoms with Crippen molar-refractivity contribution < 1.29 is 14.7 Å². The molecule has 4 nitrogen and oxygen atoms in total. The quantitative estimate of drug-likeness (QED) is 0.768. The molecule has 0 atom stereocenters. The first kappa shape index (κ1) is 10.2. The van der Waals surface area contributed by atoms with E-state index in [4.69, 9.17) is 5.11 Å². The van der Waals surface area contributed by atoms with Gasteiger partial charge in [0, 0.05) is 18.0 Å². The van der Waals surface area contributed by atoms with E-state index in [0.717, 1.165) is 0 Å². The lowest BCUT2D eigenvalue weighted by atomic mass is 10.0. The minimum Gasteiger partial charge on any atom is -0.478 e. The van der Waals surface area contributed by atoms with Gasteiger partial charge in [0.25, 0.3) is 0 Å². The third-order valence-corrected chi connectivity index (χ3v) is 2.26. The van der Waals surface area contributed by atoms with E-state index in [2.05, 4.69) is 4.98 Å². The molecule has 0 bridgehead atoms. The molecule has 0 saturated heterocycles. The molecule has 0 saturated carbocycles. The fourth-order valence-corrected chi connectivity index (χ4v) is 1.47. The summed E-state index contributed by atoms with van der Waals surface area (Å²) in [5, 5.41) is 8.88. The Morgan fingerprint density at radius 1 is 1.00 bits per heavy atom. The van der Waals surface area contributed by atoms with Gasteiger partial charge in [-0.1, -0.05) is 30.3 Å². The maximum Gasteiger partial charge on any atom is 0.337 e. The molecule has 2 aromatic rings. The van der Waals surface area contributed by atoms with Crippen LogP contribution in [0.5, 0.6) is 0 Å². The normalized spacial score (nSPS) is 10.0. The van der Waals surface area contributed by atoms with Crippen molar-refractivity contribution in [2.75, 3.05) is 0 Å². The molecule has 0 spiro atoms. The Morgan fingerprint density at radius 2 is 1.62 bits per heavy atom. The number of hydrogen-bond donors (Lipinski definition) is 2. The number of carboxylic acids is 1. The standard InChI is InChI=1S/C12H9NO3/c14-11(8-4-2-1-3-5-8)9-6-13-7-10(9)12(15)16/h1-7,13H,(H,15,16). The maximum atomic E-state index is 11.9. The molecule has 16 heavy (non-hydrogen) atoms. The maximum absolute atomic E-state index is 11.9. The zero-order valence-corrected chi connectivity index (χ0v) is 8.31. The number of carbonyl (C=O) groups excluding carboxylic acids is 1. The first-order valence-corrected chi connectivity index (χ1v) is 4.70. The minimum absolute atomic E-state index is 0.00569. The third-order valence-electron chi connectivity index (χ3n) is 2.26. The number of benzene rings is 1. The van der Waals surface area contributed by atoms with Crippen LogP contribution < -0.4 is 0 Å². The number of ketones is 1. The van der Waals surface area contributed by atoms with Crippen molar-refractivity contribution in [2.45, 2.75) is 0 Å². The van der Waals surface area contributed by atoms with Crippen molar-refractivity contribution >= 4 is 11.8 Å². The molecule has 0 radical (unpaired) electrons. The van der Waals surface area contributed by atoms with Gasteiger partial charge in [-0.2, -0.15) is 0 Å². The van der Waals surface area contributed by atoms with Gasteiger partial charge in [-0.05, 0) is 0 Å². The highest BCUT2D eigenvalue weighted by molar-refractivity contribution is 6.14. The van der Waals surface area contributed by atoms with Crippen LogP contribution in [0, 0.1) is 0 Å². The van der Waals surface area contributed by atoms with Crippen LogP contribution in [-0.2, 0) is 0 Å². The van der Waals surface area contributed by atoms with Gasteiger partial charge in [-0.15, -0.1) is 0 Å². The van der Waals surface area contributed by atoms with Crippen molar-refractivity contribution in [3.8, 4) is 0 Å². The smallest absolute Gasteiger partial charge is 0.337 e. The van der Waals surface area contributed by atoms with Crippen LogP contribution in [0.1, 0.15) is 26.3 Å². The van der Waals surface area contributed by atoms with E-state index in [9.17, 15) is 9.59 Å². The molecule has 2 N–H and O–H groups in total. The van der Waals surface area contributed by atoms with Crippen molar-refractivity contribution in [3.05, 3.63) is 59.4 Å². The van der Waals surface area contributed by atoms with Gasteiger partial charge >= 0.3 is 5.97 Å². The molecule has 1 aromatic heterocycles. The lowest BCUT2D eigenvalue weighted by molar-refractivity contribution is 0.0693. The number of rotatable bonds is 3. The molecule has 1 aromatic carbocycles. The Bertz CT molecular complexity index is 528. The predicted octanol–water partition coefficient (Wildman–Crippen LogP) is 1.94. The Morgan fingerprint density at radius 3 is 2.25 bits per heavy atom. The topological polar surface area (TPSA) is 70.2 Å². The van der Waals surface area contributed by atoms with Gasteiger partial charge in [-0.25, -0.2) is 4.79 Å². The van der Waals surface area contributed by atoms with E-state index in [1.165, 1.54) is 12.4 Å². The molecule has 4 heteroatoms. The first-order valence-electron chi connectivity index (χ1n) is 4.70. The zero-order valence-electron chi connectivity index (χ0n) is 8.31. The lowest BCUT2D eigenvalue weighted by Crippen LogP contribution is -2.06. The van der Waals surface area contributed by atoms with Crippen LogP contribution in [0.15, 0.2) is 42.7 Å². The monoisotopic (exact) mass is 215 g/mol. The highest BCUT2D eigenvalue weighted by atomic mass is 16.4. The largest absolute Gasteiger partial charge is 0.478 e. The lowest BCUT2D eigenvalue weighted by Gasteiger charge is -1.99. The summed E-state index contributed by atoms with van der Waals surface area (Å²) < 4.78 is 0. The van der Waals surface area contributed by atoms with Gasteiger partial charge in [0.05, 0.1) is 11.1 Å². The van der Waals surface area contributed by atoms with Crippen LogP contribution in [0.25, 0.3) is 0 Å². The average Bonchev–Trinajstić information content (AvgIpc) is 2.78. The van der Waals surface area contributed by atoms with Gasteiger partial charge in [-0.3, -0.25) is 4.79 Å². The molecule has 0 aliphatic heterocycles. The second-order valence-corrected chi connectivity index (χ2v) is 3.28. The van der Waals surface area contributed by atoms with Gasteiger partial charge in [0.2, 0.25) is 0 Å². The SMILES string of the molecule is O=C(O)c1c[nH]cc1C(=O)c1ccccc1. The molecule has 0 aliphatic carbocycles. The summed E-state index contributed by atoms with van der Waals surface area (Å²) in [6, 6.07) is 8.58. The number of hydrogen-bond acceptors (Lipinski definition) is 2. The van der Waals surface area contributed by atoms with Crippen molar-refractivity contribution in [3.63, 3.8) is 0 Å². The van der Waals surface area contributed by atoms with E-state index in [1.54, 1.807) is 30.3 Å². The van der Waals surface area contributed by atoms with Crippen LogP contribution in [0.2, 0.25) is 0 Å². The predicted molar refractivity (Wildman–Crippen MR) is 57.6 cm³/mol. The number of H-pyrrole nitrogens is 1. The Labute approximate surface area is 91.5 Å². The van der Waals surface area contributed by atoms with E-state index >= 15 is 0 Å². The molecular weight excluding hydrogens is 206 g/mol. The molecule has 1 heterocycles. The Balaban J connectivity index is 2.42. The Kier molecular flexibility index (Phi) is 2.55. The highest BCUT2D eigenvalue weighted by Gasteiger charge is 2.18. The second kappa shape index (κ2) is 4.02. The number of carboxylic acid groups (broad SMARTS) is 1. The molecule has 0 aliphatic rings. The summed E-state index contributed by atoms with van der Waals surface area (Å²) in [7, 11) is 0. The summed E-state index contributed by atoms with van der Waals surface area (Å²) >= 11 is 0. The van der Waals surface area contributed by atoms with E-state index in [1.807, 2.05) is 0 Å². The average molecular weight is 215 g/mol. The number of carbonyl (C=O) groups is 2. The molecule has 0 unspecified atom stereocenters. The van der Waals surface area contributed by atoms with Gasteiger partial charge in [0.15, 0.2) is 5.78 Å². The summed E-state index contributed by atoms with van der Waals surface area (Å²) in [4.78, 5) is 25.4. The number of aromatic nitrogens is 1. The third kappa shape index (κ3) is 1.72. The number of aromatic amines is 1. The van der Waals surface area contributed by atoms with Crippen LogP contribution >= 0.6 is 0 Å². The second-order valence-electron chi connectivity index (χ2n) is 3.28. The molecule has 2 rings (SSSR count). The fraction of sp³-hybridized carbons (Fsp3) is 0. The minimum atomic E-state index is -1.11. The molecule has 0 fully saturated rings. The summed E-state index contributed by atoms with van der Waals surface area (Å²) in [6.45, 7) is 0.